The largest absolute Gasteiger partial charge is 0.694 e. The second kappa shape index (κ2) is 5.94. The van der Waals surface area contributed by atoms with Gasteiger partial charge in [-0.05, 0) is 0 Å². The van der Waals surface area contributed by atoms with Crippen molar-refractivity contribution in [2.75, 3.05) is 12.3 Å². The quantitative estimate of drug-likeness (QED) is 0.459. The molecule has 2 rings (SSSR count). The third-order valence-corrected chi connectivity index (χ3v) is 3.53. The summed E-state index contributed by atoms with van der Waals surface area (Å²) >= 11 is 0. The van der Waals surface area contributed by atoms with Crippen LogP contribution in [0.4, 0.5) is 5.82 Å². The molecule has 1 fully saturated rings. The zero-order chi connectivity index (χ0) is 14.9. The van der Waals surface area contributed by atoms with E-state index in [9.17, 15) is 14.5 Å². The summed E-state index contributed by atoms with van der Waals surface area (Å²) in [5.74, 6) is 0.307. The van der Waals surface area contributed by atoms with Gasteiger partial charge in [-0.25, -0.2) is 0 Å². The van der Waals surface area contributed by atoms with E-state index >= 15 is 0 Å². The van der Waals surface area contributed by atoms with Crippen molar-refractivity contribution in [1.82, 2.24) is 4.57 Å². The first kappa shape index (κ1) is 15.0. The fourth-order valence-electron chi connectivity index (χ4n) is 2.01. The fourth-order valence-corrected chi connectivity index (χ4v) is 2.28. The maximum Gasteiger partial charge on any atom is 0.694 e. The summed E-state index contributed by atoms with van der Waals surface area (Å²) in [7, 11) is -1.23. The summed E-state index contributed by atoms with van der Waals surface area (Å²) in [4.78, 5) is 20.6. The highest BCUT2D eigenvalue weighted by Gasteiger charge is 2.40. The molecule has 2 heterocycles. The lowest BCUT2D eigenvalue weighted by Gasteiger charge is -2.10. The van der Waals surface area contributed by atoms with Gasteiger partial charge in [0.2, 0.25) is 6.23 Å². The molecule has 1 saturated heterocycles. The summed E-state index contributed by atoms with van der Waals surface area (Å²) in [5.41, 5.74) is 5.23. The molecule has 1 aromatic rings. The van der Waals surface area contributed by atoms with Gasteiger partial charge in [-0.15, -0.1) is 9.42 Å². The number of hydrogen-bond acceptors (Lipinski definition) is 6. The predicted octanol–water partition coefficient (Wildman–Crippen LogP) is -1.43. The van der Waals surface area contributed by atoms with Crippen LogP contribution in [-0.2, 0) is 20.9 Å². The van der Waals surface area contributed by atoms with Gasteiger partial charge < -0.3 is 15.6 Å². The highest BCUT2D eigenvalue weighted by molar-refractivity contribution is 7.32. The molecule has 1 aliphatic heterocycles. The van der Waals surface area contributed by atoms with Crippen molar-refractivity contribution < 1.29 is 28.4 Å². The lowest BCUT2D eigenvalue weighted by molar-refractivity contribution is -0.775. The average molecular weight is 305 g/mol. The molecule has 4 N–H and O–H groups in total. The first-order valence-electron chi connectivity index (χ1n) is 5.89. The Morgan fingerprint density at radius 1 is 1.70 bits per heavy atom. The molecule has 0 saturated carbocycles. The van der Waals surface area contributed by atoms with Gasteiger partial charge >= 0.3 is 13.9 Å². The Hall–Kier alpha value is -1.38. The number of nitrogen functional groups attached to an aromatic ring is 1. The number of aliphatic hydroxyl groups is 1. The SMILES string of the molecule is Cn1c(N)cc[n+]([C@H]2C[C@H](O)[C@@H](CO[P+](=O)O)O2)c1=O. The molecule has 20 heavy (non-hydrogen) atoms. The van der Waals surface area contributed by atoms with E-state index in [1.54, 1.807) is 6.07 Å². The Labute approximate surface area is 115 Å². The van der Waals surface area contributed by atoms with Crippen LogP contribution in [0, 0.1) is 0 Å². The third kappa shape index (κ3) is 3.02. The minimum Gasteiger partial charge on any atom is -0.390 e. The Balaban J connectivity index is 2.14. The van der Waals surface area contributed by atoms with Crippen molar-refractivity contribution in [3.8, 4) is 0 Å². The molecule has 1 aromatic heterocycles. The van der Waals surface area contributed by atoms with E-state index in [1.807, 2.05) is 0 Å². The van der Waals surface area contributed by atoms with Crippen LogP contribution in [0.5, 0.6) is 0 Å². The molecular weight excluding hydrogens is 289 g/mol. The molecule has 0 amide bonds. The molecule has 4 atom stereocenters. The van der Waals surface area contributed by atoms with E-state index < -0.39 is 26.7 Å². The van der Waals surface area contributed by atoms with E-state index in [0.717, 1.165) is 0 Å². The van der Waals surface area contributed by atoms with Crippen molar-refractivity contribution in [1.29, 1.82) is 0 Å². The molecule has 1 aliphatic rings. The predicted molar refractivity (Wildman–Crippen MR) is 66.6 cm³/mol. The van der Waals surface area contributed by atoms with E-state index in [0.29, 0.717) is 5.82 Å². The first-order chi connectivity index (χ1) is 9.40. The number of aliphatic hydroxyl groups excluding tert-OH is 1. The number of rotatable bonds is 4. The molecule has 0 aromatic carbocycles. The first-order valence-corrected chi connectivity index (χ1v) is 7.02. The van der Waals surface area contributed by atoms with Gasteiger partial charge in [0.15, 0.2) is 5.82 Å². The highest BCUT2D eigenvalue weighted by atomic mass is 31.1. The van der Waals surface area contributed by atoms with Crippen LogP contribution in [0.15, 0.2) is 17.1 Å². The van der Waals surface area contributed by atoms with Crippen molar-refractivity contribution in [3.63, 3.8) is 0 Å². The summed E-state index contributed by atoms with van der Waals surface area (Å²) in [6.07, 6.45) is -0.662. The third-order valence-electron chi connectivity index (χ3n) is 3.16. The minimum absolute atomic E-state index is 0.181. The average Bonchev–Trinajstić information content (AvgIpc) is 2.75. The molecule has 0 radical (unpaired) electrons. The zero-order valence-corrected chi connectivity index (χ0v) is 11.6. The van der Waals surface area contributed by atoms with Gasteiger partial charge in [0.05, 0.1) is 13.2 Å². The summed E-state index contributed by atoms with van der Waals surface area (Å²) in [6, 6.07) is 1.55. The lowest BCUT2D eigenvalue weighted by atomic mass is 10.2. The molecule has 0 aliphatic carbocycles. The van der Waals surface area contributed by atoms with Crippen molar-refractivity contribution >= 4 is 14.1 Å². The van der Waals surface area contributed by atoms with Crippen molar-refractivity contribution in [2.24, 2.45) is 7.05 Å². The molecule has 110 valence electrons. The van der Waals surface area contributed by atoms with Gasteiger partial charge in [0.25, 0.3) is 0 Å². The molecule has 1 unspecified atom stereocenters. The Morgan fingerprint density at radius 2 is 2.40 bits per heavy atom. The van der Waals surface area contributed by atoms with Gasteiger partial charge in [-0.3, -0.25) is 0 Å². The van der Waals surface area contributed by atoms with Crippen molar-refractivity contribution in [2.45, 2.75) is 24.9 Å². The van der Waals surface area contributed by atoms with Gasteiger partial charge in [-0.2, -0.15) is 13.9 Å². The summed E-state index contributed by atoms with van der Waals surface area (Å²) in [6.45, 7) is -0.223. The van der Waals surface area contributed by atoms with Crippen molar-refractivity contribution in [3.05, 3.63) is 22.7 Å². The Bertz CT molecular complexity index is 577. The molecule has 10 heteroatoms. The van der Waals surface area contributed by atoms with E-state index in [4.69, 9.17) is 15.4 Å². The van der Waals surface area contributed by atoms with Gasteiger partial charge in [0.1, 0.15) is 18.9 Å². The maximum absolute atomic E-state index is 12.0. The Morgan fingerprint density at radius 3 is 3.05 bits per heavy atom. The van der Waals surface area contributed by atoms with Crippen LogP contribution >= 0.6 is 8.25 Å². The molecule has 9 nitrogen and oxygen atoms in total. The molecule has 0 bridgehead atoms. The molecule has 0 spiro atoms. The van der Waals surface area contributed by atoms with Crippen LogP contribution in [0.1, 0.15) is 12.6 Å². The van der Waals surface area contributed by atoms with Crippen LogP contribution < -0.4 is 16.0 Å². The number of hydrogen-bond donors (Lipinski definition) is 3. The van der Waals surface area contributed by atoms with E-state index in [-0.39, 0.29) is 18.7 Å². The Kier molecular flexibility index (Phi) is 4.46. The second-order valence-electron chi connectivity index (χ2n) is 4.46. The van der Waals surface area contributed by atoms with Gasteiger partial charge in [-0.1, -0.05) is 0 Å². The van der Waals surface area contributed by atoms with Crippen LogP contribution in [0.25, 0.3) is 0 Å². The lowest BCUT2D eigenvalue weighted by Crippen LogP contribution is -2.56. The monoisotopic (exact) mass is 305 g/mol. The van der Waals surface area contributed by atoms with Gasteiger partial charge in [0, 0.05) is 17.1 Å². The number of nitrogens with two attached hydrogens (primary N) is 1. The van der Waals surface area contributed by atoms with Crippen LogP contribution in [0.3, 0.4) is 0 Å². The highest BCUT2D eigenvalue weighted by Crippen LogP contribution is 2.26. The number of aromatic nitrogens is 2. The topological polar surface area (TPSA) is 128 Å². The number of anilines is 1. The summed E-state index contributed by atoms with van der Waals surface area (Å²) in [5, 5.41) is 9.82. The van der Waals surface area contributed by atoms with Crippen LogP contribution in [-0.4, -0.2) is 33.4 Å². The zero-order valence-electron chi connectivity index (χ0n) is 10.7. The smallest absolute Gasteiger partial charge is 0.390 e. The van der Waals surface area contributed by atoms with Crippen LogP contribution in [0.2, 0.25) is 0 Å². The number of nitrogens with zero attached hydrogens (tertiary/aromatic N) is 2. The standard InChI is InChI=1S/C10H14N3O6P/c1-12-8(11)2-3-13(10(12)15)9-4-6(14)7(19-9)5-18-20(16)17/h2-3,6-7,9,11,14H,4-5H2,1H3/p+2/t6-,7+,9+/m0/s1. The van der Waals surface area contributed by atoms with E-state index in [1.165, 1.54) is 22.4 Å². The maximum atomic E-state index is 12.0. The fraction of sp³-hybridized carbons (Fsp3) is 0.600. The van der Waals surface area contributed by atoms with E-state index in [2.05, 4.69) is 4.52 Å². The normalized spacial score (nSPS) is 26.8. The second-order valence-corrected chi connectivity index (χ2v) is 5.19. The summed E-state index contributed by atoms with van der Waals surface area (Å²) < 4.78 is 23.0. The minimum atomic E-state index is -2.75. The molecular formula is C10H16N3O6P+2. The number of ether oxygens (including phenoxy) is 1.